The van der Waals surface area contributed by atoms with Crippen molar-refractivity contribution in [1.82, 2.24) is 0 Å². The summed E-state index contributed by atoms with van der Waals surface area (Å²) in [7, 11) is 0. The molecule has 1 aromatic rings. The van der Waals surface area contributed by atoms with Crippen LogP contribution < -0.4 is 17.2 Å². The van der Waals surface area contributed by atoms with Gasteiger partial charge in [-0.1, -0.05) is 6.07 Å². The molecule has 0 radical (unpaired) electrons. The van der Waals surface area contributed by atoms with Crippen molar-refractivity contribution in [3.05, 3.63) is 29.6 Å². The number of nitrogens with two attached hydrogens (primary N) is 3. The summed E-state index contributed by atoms with van der Waals surface area (Å²) in [5.41, 5.74) is 17.0. The van der Waals surface area contributed by atoms with Crippen molar-refractivity contribution in [3.63, 3.8) is 0 Å². The van der Waals surface area contributed by atoms with E-state index in [-0.39, 0.29) is 11.7 Å². The molecule has 1 rings (SSSR count). The summed E-state index contributed by atoms with van der Waals surface area (Å²) in [5, 5.41) is 0. The van der Waals surface area contributed by atoms with Gasteiger partial charge >= 0.3 is 0 Å². The standard InChI is InChI=1S/C8H12FN3/c9-6-3-5(8(12)4-10)1-2-7(6)11/h1-3,8H,4,10-12H2. The first kappa shape index (κ1) is 8.96. The first-order valence-electron chi connectivity index (χ1n) is 3.65. The Morgan fingerprint density at radius 1 is 1.42 bits per heavy atom. The van der Waals surface area contributed by atoms with Crippen molar-refractivity contribution in [1.29, 1.82) is 0 Å². The third-order valence-electron chi connectivity index (χ3n) is 1.71. The Morgan fingerprint density at radius 2 is 2.08 bits per heavy atom. The SMILES string of the molecule is NCC(N)c1ccc(N)c(F)c1. The molecule has 1 aromatic carbocycles. The molecule has 66 valence electrons. The van der Waals surface area contributed by atoms with E-state index in [9.17, 15) is 4.39 Å². The number of nitrogen functional groups attached to an aromatic ring is 1. The normalized spacial score (nSPS) is 12.9. The number of hydrogen-bond acceptors (Lipinski definition) is 3. The zero-order valence-corrected chi connectivity index (χ0v) is 6.63. The van der Waals surface area contributed by atoms with E-state index in [1.54, 1.807) is 6.07 Å². The number of benzene rings is 1. The first-order chi connectivity index (χ1) is 5.65. The van der Waals surface area contributed by atoms with Gasteiger partial charge in [0.15, 0.2) is 0 Å². The lowest BCUT2D eigenvalue weighted by atomic mass is 10.1. The maximum Gasteiger partial charge on any atom is 0.146 e. The Balaban J connectivity index is 2.96. The van der Waals surface area contributed by atoms with Crippen molar-refractivity contribution >= 4 is 5.69 Å². The third kappa shape index (κ3) is 1.72. The Labute approximate surface area is 70.3 Å². The first-order valence-corrected chi connectivity index (χ1v) is 3.65. The van der Waals surface area contributed by atoms with Crippen molar-refractivity contribution in [3.8, 4) is 0 Å². The smallest absolute Gasteiger partial charge is 0.146 e. The molecule has 0 saturated carbocycles. The van der Waals surface area contributed by atoms with Crippen molar-refractivity contribution in [2.75, 3.05) is 12.3 Å². The summed E-state index contributed by atoms with van der Waals surface area (Å²) in [6.45, 7) is 0.295. The van der Waals surface area contributed by atoms with Crippen molar-refractivity contribution < 1.29 is 4.39 Å². The highest BCUT2D eigenvalue weighted by atomic mass is 19.1. The van der Waals surface area contributed by atoms with Gasteiger partial charge in [0.1, 0.15) is 5.82 Å². The van der Waals surface area contributed by atoms with Crippen LogP contribution in [0.2, 0.25) is 0 Å². The second-order valence-electron chi connectivity index (χ2n) is 2.62. The largest absolute Gasteiger partial charge is 0.396 e. The molecule has 0 aliphatic rings. The van der Waals surface area contributed by atoms with E-state index in [4.69, 9.17) is 17.2 Å². The average molecular weight is 169 g/mol. The second kappa shape index (κ2) is 3.51. The van der Waals surface area contributed by atoms with Crippen LogP contribution >= 0.6 is 0 Å². The maximum atomic E-state index is 12.9. The predicted octanol–water partition coefficient (Wildman–Crippen LogP) is 0.366. The van der Waals surface area contributed by atoms with E-state index in [1.165, 1.54) is 12.1 Å². The average Bonchev–Trinajstić information content (AvgIpc) is 2.08. The van der Waals surface area contributed by atoms with Gasteiger partial charge in [0.2, 0.25) is 0 Å². The molecule has 3 nitrogen and oxygen atoms in total. The highest BCUT2D eigenvalue weighted by Gasteiger charge is 2.05. The summed E-state index contributed by atoms with van der Waals surface area (Å²) >= 11 is 0. The molecule has 0 amide bonds. The fourth-order valence-corrected chi connectivity index (χ4v) is 0.910. The number of halogens is 1. The topological polar surface area (TPSA) is 78.1 Å². The molecule has 0 heterocycles. The van der Waals surface area contributed by atoms with E-state index in [0.29, 0.717) is 12.1 Å². The monoisotopic (exact) mass is 169 g/mol. The molecule has 0 bridgehead atoms. The molecule has 1 atom stereocenters. The van der Waals surface area contributed by atoms with Crippen LogP contribution in [0.3, 0.4) is 0 Å². The molecular formula is C8H12FN3. The lowest BCUT2D eigenvalue weighted by molar-refractivity contribution is 0.624. The van der Waals surface area contributed by atoms with Gasteiger partial charge in [0, 0.05) is 12.6 Å². The number of rotatable bonds is 2. The Kier molecular flexibility index (Phi) is 2.62. The second-order valence-corrected chi connectivity index (χ2v) is 2.62. The summed E-state index contributed by atoms with van der Waals surface area (Å²) in [6, 6.07) is 4.16. The quantitative estimate of drug-likeness (QED) is 0.559. The minimum atomic E-state index is -0.448. The van der Waals surface area contributed by atoms with E-state index in [0.717, 1.165) is 0 Å². The highest BCUT2D eigenvalue weighted by molar-refractivity contribution is 5.42. The van der Waals surface area contributed by atoms with Crippen LogP contribution in [0.25, 0.3) is 0 Å². The Bertz CT molecular complexity index is 275. The lowest BCUT2D eigenvalue weighted by Crippen LogP contribution is -2.20. The molecule has 0 spiro atoms. The van der Waals surface area contributed by atoms with E-state index < -0.39 is 5.82 Å². The Hall–Kier alpha value is -1.13. The van der Waals surface area contributed by atoms with Gasteiger partial charge in [0.05, 0.1) is 5.69 Å². The molecule has 0 fully saturated rings. The van der Waals surface area contributed by atoms with Crippen LogP contribution in [0.1, 0.15) is 11.6 Å². The maximum absolute atomic E-state index is 12.9. The molecular weight excluding hydrogens is 157 g/mol. The molecule has 0 saturated heterocycles. The molecule has 4 heteroatoms. The minimum absolute atomic E-state index is 0.128. The number of hydrogen-bond donors (Lipinski definition) is 3. The molecule has 12 heavy (non-hydrogen) atoms. The van der Waals surface area contributed by atoms with Crippen LogP contribution in [0.4, 0.5) is 10.1 Å². The van der Waals surface area contributed by atoms with Crippen LogP contribution in [0, 0.1) is 5.82 Å². The molecule has 0 aliphatic carbocycles. The van der Waals surface area contributed by atoms with Crippen LogP contribution in [0.5, 0.6) is 0 Å². The molecule has 0 aliphatic heterocycles. The van der Waals surface area contributed by atoms with Gasteiger partial charge in [0.25, 0.3) is 0 Å². The fraction of sp³-hybridized carbons (Fsp3) is 0.250. The molecule has 6 N–H and O–H groups in total. The Morgan fingerprint density at radius 3 is 2.58 bits per heavy atom. The highest BCUT2D eigenvalue weighted by Crippen LogP contribution is 2.15. The zero-order chi connectivity index (χ0) is 9.14. The molecule has 1 unspecified atom stereocenters. The zero-order valence-electron chi connectivity index (χ0n) is 6.63. The van der Waals surface area contributed by atoms with Gasteiger partial charge in [-0.25, -0.2) is 4.39 Å². The van der Waals surface area contributed by atoms with E-state index in [1.807, 2.05) is 0 Å². The summed E-state index contributed by atoms with van der Waals surface area (Å²) in [6.07, 6.45) is 0. The van der Waals surface area contributed by atoms with Crippen molar-refractivity contribution in [2.24, 2.45) is 11.5 Å². The van der Waals surface area contributed by atoms with Gasteiger partial charge in [-0.2, -0.15) is 0 Å². The van der Waals surface area contributed by atoms with E-state index >= 15 is 0 Å². The summed E-state index contributed by atoms with van der Waals surface area (Å²) < 4.78 is 12.9. The summed E-state index contributed by atoms with van der Waals surface area (Å²) in [5.74, 6) is -0.448. The van der Waals surface area contributed by atoms with Gasteiger partial charge in [-0.3, -0.25) is 0 Å². The van der Waals surface area contributed by atoms with Crippen molar-refractivity contribution in [2.45, 2.75) is 6.04 Å². The predicted molar refractivity (Wildman–Crippen MR) is 46.8 cm³/mol. The molecule has 0 aromatic heterocycles. The van der Waals surface area contributed by atoms with Crippen LogP contribution in [-0.4, -0.2) is 6.54 Å². The van der Waals surface area contributed by atoms with Gasteiger partial charge in [-0.05, 0) is 17.7 Å². The van der Waals surface area contributed by atoms with E-state index in [2.05, 4.69) is 0 Å². The number of anilines is 1. The third-order valence-corrected chi connectivity index (χ3v) is 1.71. The minimum Gasteiger partial charge on any atom is -0.396 e. The van der Waals surface area contributed by atoms with Gasteiger partial charge in [-0.15, -0.1) is 0 Å². The lowest BCUT2D eigenvalue weighted by Gasteiger charge is -2.09. The van der Waals surface area contributed by atoms with Crippen LogP contribution in [-0.2, 0) is 0 Å². The summed E-state index contributed by atoms with van der Waals surface area (Å²) in [4.78, 5) is 0. The van der Waals surface area contributed by atoms with Gasteiger partial charge < -0.3 is 17.2 Å². The fourth-order valence-electron chi connectivity index (χ4n) is 0.910. The van der Waals surface area contributed by atoms with Crippen LogP contribution in [0.15, 0.2) is 18.2 Å².